The van der Waals surface area contributed by atoms with Gasteiger partial charge in [-0.05, 0) is 6.08 Å². The predicted molar refractivity (Wildman–Crippen MR) is 58.4 cm³/mol. The molecule has 0 bridgehead atoms. The second-order valence-corrected chi connectivity index (χ2v) is 3.98. The van der Waals surface area contributed by atoms with Crippen LogP contribution >= 0.6 is 23.2 Å². The zero-order valence-corrected chi connectivity index (χ0v) is 8.94. The fraction of sp³-hybridized carbons (Fsp3) is 0.222. The van der Waals surface area contributed by atoms with Crippen molar-refractivity contribution in [2.45, 2.75) is 0 Å². The summed E-state index contributed by atoms with van der Waals surface area (Å²) >= 11 is 11.6. The maximum Gasteiger partial charge on any atom is 0.254 e. The minimum Gasteiger partial charge on any atom is -0.259 e. The summed E-state index contributed by atoms with van der Waals surface area (Å²) in [4.78, 5) is 14.2. The van der Waals surface area contributed by atoms with Gasteiger partial charge in [-0.15, -0.1) is 0 Å². The molecule has 4 nitrogen and oxygen atoms in total. The van der Waals surface area contributed by atoms with E-state index in [1.165, 1.54) is 6.08 Å². The fourth-order valence-corrected chi connectivity index (χ4v) is 2.22. The van der Waals surface area contributed by atoms with E-state index < -0.39 is 10.8 Å². The Kier molecular flexibility index (Phi) is 2.63. The summed E-state index contributed by atoms with van der Waals surface area (Å²) in [6.45, 7) is 0. The molecule has 1 aliphatic heterocycles. The summed E-state index contributed by atoms with van der Waals surface area (Å²) < 4.78 is 0. The highest BCUT2D eigenvalue weighted by atomic mass is 35.5. The van der Waals surface area contributed by atoms with Gasteiger partial charge in [0.05, 0.1) is 10.8 Å². The average molecular weight is 245 g/mol. The third kappa shape index (κ3) is 1.82. The minimum atomic E-state index is -0.419. The van der Waals surface area contributed by atoms with E-state index in [2.05, 4.69) is 4.99 Å². The molecule has 0 spiro atoms. The van der Waals surface area contributed by atoms with Gasteiger partial charge in [0.15, 0.2) is 0 Å². The van der Waals surface area contributed by atoms with Gasteiger partial charge in [0.1, 0.15) is 10.3 Å². The molecule has 0 aromatic heterocycles. The van der Waals surface area contributed by atoms with Gasteiger partial charge in [-0.25, -0.2) is 4.99 Å². The van der Waals surface area contributed by atoms with E-state index in [-0.39, 0.29) is 21.9 Å². The van der Waals surface area contributed by atoms with Crippen molar-refractivity contribution >= 4 is 28.4 Å². The molecule has 0 aromatic carbocycles. The number of rotatable bonds is 1. The van der Waals surface area contributed by atoms with Crippen molar-refractivity contribution < 1.29 is 4.92 Å². The van der Waals surface area contributed by atoms with Gasteiger partial charge < -0.3 is 0 Å². The van der Waals surface area contributed by atoms with Crippen LogP contribution in [0.1, 0.15) is 0 Å². The highest BCUT2D eigenvalue weighted by Crippen LogP contribution is 2.35. The first-order valence-electron chi connectivity index (χ1n) is 4.24. The summed E-state index contributed by atoms with van der Waals surface area (Å²) in [7, 11) is 0. The molecule has 0 aromatic rings. The predicted octanol–water partition coefficient (Wildman–Crippen LogP) is 2.68. The number of nitrogens with zero attached hydrogens (tertiary/aromatic N) is 2. The molecule has 2 unspecified atom stereocenters. The summed E-state index contributed by atoms with van der Waals surface area (Å²) in [6, 6.07) is 0. The highest BCUT2D eigenvalue weighted by Gasteiger charge is 2.36. The Balaban J connectivity index is 2.43. The van der Waals surface area contributed by atoms with Crippen molar-refractivity contribution in [2.75, 3.05) is 0 Å². The van der Waals surface area contributed by atoms with Crippen LogP contribution in [0.25, 0.3) is 0 Å². The maximum absolute atomic E-state index is 10.8. The van der Waals surface area contributed by atoms with Crippen molar-refractivity contribution in [2.24, 2.45) is 16.8 Å². The Labute approximate surface area is 95.7 Å². The van der Waals surface area contributed by atoms with Gasteiger partial charge in [-0.1, -0.05) is 35.4 Å². The molecule has 0 radical (unpaired) electrons. The van der Waals surface area contributed by atoms with Crippen molar-refractivity contribution in [3.63, 3.8) is 0 Å². The molecule has 1 aliphatic carbocycles. The van der Waals surface area contributed by atoms with Gasteiger partial charge in [-0.2, -0.15) is 0 Å². The zero-order valence-electron chi connectivity index (χ0n) is 7.43. The minimum absolute atomic E-state index is 0.0914. The number of allylic oxidation sites excluding steroid dienone is 4. The highest BCUT2D eigenvalue weighted by molar-refractivity contribution is 6.66. The molecular formula is C9H6Cl2N2O2. The monoisotopic (exact) mass is 244 g/mol. The number of nitro groups is 1. The maximum atomic E-state index is 10.8. The van der Waals surface area contributed by atoms with Crippen LogP contribution in [0.5, 0.6) is 0 Å². The summed E-state index contributed by atoms with van der Waals surface area (Å²) in [5.74, 6) is -0.679. The van der Waals surface area contributed by atoms with Crippen LogP contribution < -0.4 is 0 Å². The Morgan fingerprint density at radius 3 is 2.80 bits per heavy atom. The first-order valence-corrected chi connectivity index (χ1v) is 4.99. The van der Waals surface area contributed by atoms with Crippen molar-refractivity contribution in [1.82, 2.24) is 0 Å². The van der Waals surface area contributed by atoms with E-state index in [1.807, 2.05) is 0 Å². The van der Waals surface area contributed by atoms with E-state index in [4.69, 9.17) is 23.2 Å². The van der Waals surface area contributed by atoms with Crippen molar-refractivity contribution in [1.29, 1.82) is 0 Å². The van der Waals surface area contributed by atoms with E-state index in [1.54, 1.807) is 18.2 Å². The topological polar surface area (TPSA) is 55.5 Å². The molecule has 2 rings (SSSR count). The number of hydrogen-bond donors (Lipinski definition) is 0. The Bertz CT molecular complexity index is 437. The van der Waals surface area contributed by atoms with Gasteiger partial charge in [0, 0.05) is 12.0 Å². The van der Waals surface area contributed by atoms with Crippen LogP contribution in [-0.4, -0.2) is 10.1 Å². The van der Waals surface area contributed by atoms with Crippen LogP contribution in [0.4, 0.5) is 0 Å². The van der Waals surface area contributed by atoms with Crippen LogP contribution in [0.3, 0.4) is 0 Å². The Morgan fingerprint density at radius 1 is 1.40 bits per heavy atom. The van der Waals surface area contributed by atoms with Crippen molar-refractivity contribution in [3.8, 4) is 0 Å². The molecule has 0 fully saturated rings. The second-order valence-electron chi connectivity index (χ2n) is 3.21. The number of hydrogen-bond acceptors (Lipinski definition) is 3. The molecule has 15 heavy (non-hydrogen) atoms. The second kappa shape index (κ2) is 3.79. The molecule has 0 amide bonds. The molecule has 0 N–H and O–H groups in total. The third-order valence-electron chi connectivity index (χ3n) is 2.33. The van der Waals surface area contributed by atoms with E-state index in [9.17, 15) is 10.1 Å². The smallest absolute Gasteiger partial charge is 0.254 e. The van der Waals surface area contributed by atoms with Gasteiger partial charge in [-0.3, -0.25) is 10.1 Å². The fourth-order valence-electron chi connectivity index (χ4n) is 1.65. The number of aliphatic imine (C=N–C) groups is 1. The lowest BCUT2D eigenvalue weighted by molar-refractivity contribution is -0.432. The first-order chi connectivity index (χ1) is 7.09. The molecule has 2 atom stereocenters. The molecule has 0 saturated carbocycles. The Morgan fingerprint density at radius 2 is 2.13 bits per heavy atom. The SMILES string of the molecule is O=[N+]([O-])C1=CC=CC2C(Cl)=NC(Cl)=CC12. The van der Waals surface area contributed by atoms with E-state index in [0.717, 1.165) is 0 Å². The van der Waals surface area contributed by atoms with Crippen LogP contribution in [0, 0.1) is 22.0 Å². The summed E-state index contributed by atoms with van der Waals surface area (Å²) in [6.07, 6.45) is 6.40. The van der Waals surface area contributed by atoms with Gasteiger partial charge in [0.25, 0.3) is 5.70 Å². The largest absolute Gasteiger partial charge is 0.259 e. The summed E-state index contributed by atoms with van der Waals surface area (Å²) in [5.41, 5.74) is 0.0914. The third-order valence-corrected chi connectivity index (χ3v) is 2.88. The van der Waals surface area contributed by atoms with Crippen LogP contribution in [0.15, 0.2) is 40.1 Å². The van der Waals surface area contributed by atoms with Crippen LogP contribution in [0.2, 0.25) is 0 Å². The number of halogens is 2. The molecule has 78 valence electrons. The first kappa shape index (κ1) is 10.4. The van der Waals surface area contributed by atoms with Gasteiger partial charge in [0.2, 0.25) is 0 Å². The molecule has 0 saturated heterocycles. The molecular weight excluding hydrogens is 239 g/mol. The molecule has 2 aliphatic rings. The lowest BCUT2D eigenvalue weighted by Crippen LogP contribution is -2.26. The van der Waals surface area contributed by atoms with E-state index in [0.29, 0.717) is 0 Å². The van der Waals surface area contributed by atoms with Crippen molar-refractivity contribution in [3.05, 3.63) is 45.3 Å². The Hall–Kier alpha value is -1.13. The standard InChI is InChI=1S/C9H6Cl2N2O2/c10-8-4-6-5(9(11)12-8)2-1-3-7(6)13(14)15/h1-6H. The normalized spacial score (nSPS) is 28.8. The molecule has 6 heteroatoms. The van der Waals surface area contributed by atoms with Gasteiger partial charge >= 0.3 is 0 Å². The average Bonchev–Trinajstić information content (AvgIpc) is 2.16. The van der Waals surface area contributed by atoms with E-state index >= 15 is 0 Å². The lowest BCUT2D eigenvalue weighted by atomic mass is 9.85. The van der Waals surface area contributed by atoms with Crippen LogP contribution in [-0.2, 0) is 0 Å². The zero-order chi connectivity index (χ0) is 11.0. The number of fused-ring (bicyclic) bond motifs is 1. The lowest BCUT2D eigenvalue weighted by Gasteiger charge is -2.23. The summed E-state index contributed by atoms with van der Waals surface area (Å²) in [5, 5.41) is 11.3. The quantitative estimate of drug-likeness (QED) is 0.405. The molecule has 1 heterocycles.